The van der Waals surface area contributed by atoms with Crippen molar-refractivity contribution in [1.82, 2.24) is 5.32 Å². The topological polar surface area (TPSA) is 130 Å². The number of nitro benzene ring substituents is 1. The van der Waals surface area contributed by atoms with Crippen molar-refractivity contribution in [3.05, 3.63) is 136 Å². The van der Waals surface area contributed by atoms with Crippen LogP contribution in [0.4, 0.5) is 17.1 Å². The van der Waals surface area contributed by atoms with Crippen LogP contribution in [0.15, 0.2) is 114 Å². The van der Waals surface area contributed by atoms with Gasteiger partial charge in [-0.05, 0) is 74.0 Å². The molecule has 9 nitrogen and oxygen atoms in total. The number of para-hydroxylation sites is 2. The van der Waals surface area contributed by atoms with Gasteiger partial charge in [-0.1, -0.05) is 48.5 Å². The zero-order valence-electron chi connectivity index (χ0n) is 22.9. The Morgan fingerprint density at radius 1 is 0.833 bits per heavy atom. The van der Waals surface area contributed by atoms with E-state index in [0.717, 1.165) is 16.1 Å². The molecule has 4 rings (SSSR count). The van der Waals surface area contributed by atoms with E-state index < -0.39 is 16.7 Å². The lowest BCUT2D eigenvalue weighted by Crippen LogP contribution is -2.30. The van der Waals surface area contributed by atoms with Crippen LogP contribution in [0.25, 0.3) is 6.08 Å². The van der Waals surface area contributed by atoms with E-state index in [1.165, 1.54) is 36.0 Å². The molecule has 3 N–H and O–H groups in total. The second kappa shape index (κ2) is 13.9. The predicted octanol–water partition coefficient (Wildman–Crippen LogP) is 6.43. The molecule has 212 valence electrons. The molecular formula is C32H28N4O5S. The van der Waals surface area contributed by atoms with E-state index in [-0.39, 0.29) is 28.1 Å². The summed E-state index contributed by atoms with van der Waals surface area (Å²) < 4.78 is 0. The number of carbonyl (C=O) groups excluding carboxylic acids is 3. The lowest BCUT2D eigenvalue weighted by Gasteiger charge is -2.14. The number of nitrogens with zero attached hydrogens (tertiary/aromatic N) is 1. The van der Waals surface area contributed by atoms with Gasteiger partial charge in [0, 0.05) is 27.9 Å². The number of benzene rings is 4. The highest BCUT2D eigenvalue weighted by Gasteiger charge is 2.19. The van der Waals surface area contributed by atoms with Crippen LogP contribution >= 0.6 is 11.8 Å². The molecule has 4 aromatic carbocycles. The number of aryl methyl sites for hydroxylation is 1. The molecular weight excluding hydrogens is 552 g/mol. The fraction of sp³-hybridized carbons (Fsp3) is 0.0938. The van der Waals surface area contributed by atoms with E-state index in [9.17, 15) is 24.5 Å². The molecule has 0 aliphatic carbocycles. The molecule has 0 radical (unpaired) electrons. The maximum absolute atomic E-state index is 13.3. The number of nitro groups is 1. The molecule has 0 saturated heterocycles. The van der Waals surface area contributed by atoms with Crippen LogP contribution in [0.1, 0.15) is 28.4 Å². The standard InChI is InChI=1S/C32H28N4O5S/c1-21-10-6-8-14-27(21)34-30(37)22(2)42-26-18-16-25(17-19-26)33-32(39)28(35-31(38)23-11-4-3-5-12-23)20-24-13-7-9-15-29(24)36(40)41/h3-20,22H,1-2H3,(H,33,39)(H,34,37)(H,35,38)/b28-20-. The van der Waals surface area contributed by atoms with Crippen LogP contribution in [0, 0.1) is 17.0 Å². The molecule has 0 aliphatic rings. The van der Waals surface area contributed by atoms with E-state index in [1.54, 1.807) is 60.7 Å². The predicted molar refractivity (Wildman–Crippen MR) is 165 cm³/mol. The SMILES string of the molecule is Cc1ccccc1NC(=O)C(C)Sc1ccc(NC(=O)/C(=C/c2ccccc2[N+](=O)[O-])NC(=O)c2ccccc2)cc1. The van der Waals surface area contributed by atoms with Crippen LogP contribution in [-0.2, 0) is 9.59 Å². The van der Waals surface area contributed by atoms with Crippen LogP contribution in [0.2, 0.25) is 0 Å². The van der Waals surface area contributed by atoms with E-state index in [0.29, 0.717) is 11.3 Å². The summed E-state index contributed by atoms with van der Waals surface area (Å²) in [5, 5.41) is 19.4. The summed E-state index contributed by atoms with van der Waals surface area (Å²) in [5.41, 5.74) is 2.27. The Bertz CT molecular complexity index is 1640. The number of thioether (sulfide) groups is 1. The Hall–Kier alpha value is -5.22. The molecule has 0 heterocycles. The summed E-state index contributed by atoms with van der Waals surface area (Å²) in [6.07, 6.45) is 1.27. The second-order valence-corrected chi connectivity index (χ2v) is 10.7. The second-order valence-electron chi connectivity index (χ2n) is 9.24. The first-order valence-electron chi connectivity index (χ1n) is 13.0. The Balaban J connectivity index is 1.48. The Morgan fingerprint density at radius 3 is 2.17 bits per heavy atom. The summed E-state index contributed by atoms with van der Waals surface area (Å²) >= 11 is 1.37. The van der Waals surface area contributed by atoms with Crippen LogP contribution < -0.4 is 16.0 Å². The van der Waals surface area contributed by atoms with E-state index in [4.69, 9.17) is 0 Å². The van der Waals surface area contributed by atoms with Crippen LogP contribution in [-0.4, -0.2) is 27.9 Å². The molecule has 0 aromatic heterocycles. The minimum Gasteiger partial charge on any atom is -0.325 e. The number of hydrogen-bond acceptors (Lipinski definition) is 6. The molecule has 42 heavy (non-hydrogen) atoms. The number of rotatable bonds is 10. The molecule has 3 amide bonds. The maximum Gasteiger partial charge on any atom is 0.276 e. The third kappa shape index (κ3) is 7.92. The summed E-state index contributed by atoms with van der Waals surface area (Å²) in [6.45, 7) is 3.73. The number of amides is 3. The Labute approximate surface area is 247 Å². The normalized spacial score (nSPS) is 11.7. The average Bonchev–Trinajstić information content (AvgIpc) is 2.99. The number of hydrogen-bond donors (Lipinski definition) is 3. The van der Waals surface area contributed by atoms with Crippen molar-refractivity contribution in [2.45, 2.75) is 24.0 Å². The summed E-state index contributed by atoms with van der Waals surface area (Å²) in [7, 11) is 0. The molecule has 0 fully saturated rings. The quantitative estimate of drug-likeness (QED) is 0.0857. The van der Waals surface area contributed by atoms with Gasteiger partial charge in [0.1, 0.15) is 5.70 Å². The minimum atomic E-state index is -0.663. The molecule has 0 spiro atoms. The number of anilines is 2. The fourth-order valence-electron chi connectivity index (χ4n) is 3.89. The summed E-state index contributed by atoms with van der Waals surface area (Å²) in [6, 6.07) is 28.7. The third-order valence-electron chi connectivity index (χ3n) is 6.16. The van der Waals surface area contributed by atoms with Gasteiger partial charge in [0.25, 0.3) is 17.5 Å². The molecule has 10 heteroatoms. The monoisotopic (exact) mass is 580 g/mol. The fourth-order valence-corrected chi connectivity index (χ4v) is 4.76. The third-order valence-corrected chi connectivity index (χ3v) is 7.27. The van der Waals surface area contributed by atoms with E-state index >= 15 is 0 Å². The van der Waals surface area contributed by atoms with Gasteiger partial charge >= 0.3 is 0 Å². The van der Waals surface area contributed by atoms with Crippen molar-refractivity contribution in [3.8, 4) is 0 Å². The van der Waals surface area contributed by atoms with Crippen molar-refractivity contribution in [1.29, 1.82) is 0 Å². The highest BCUT2D eigenvalue weighted by molar-refractivity contribution is 8.00. The van der Waals surface area contributed by atoms with Gasteiger partial charge in [-0.3, -0.25) is 24.5 Å². The minimum absolute atomic E-state index is 0.134. The Morgan fingerprint density at radius 2 is 1.48 bits per heavy atom. The zero-order valence-corrected chi connectivity index (χ0v) is 23.7. The van der Waals surface area contributed by atoms with Crippen LogP contribution in [0.5, 0.6) is 0 Å². The first-order chi connectivity index (χ1) is 20.2. The summed E-state index contributed by atoms with van der Waals surface area (Å²) in [4.78, 5) is 50.6. The van der Waals surface area contributed by atoms with Gasteiger partial charge in [-0.25, -0.2) is 0 Å². The maximum atomic E-state index is 13.3. The summed E-state index contributed by atoms with van der Waals surface area (Å²) in [5.74, 6) is -1.34. The van der Waals surface area contributed by atoms with Crippen molar-refractivity contribution in [2.24, 2.45) is 0 Å². The van der Waals surface area contributed by atoms with Crippen molar-refractivity contribution < 1.29 is 19.3 Å². The molecule has 1 atom stereocenters. The van der Waals surface area contributed by atoms with Crippen molar-refractivity contribution >= 4 is 52.6 Å². The van der Waals surface area contributed by atoms with Gasteiger partial charge in [0.2, 0.25) is 5.91 Å². The largest absolute Gasteiger partial charge is 0.325 e. The first kappa shape index (κ1) is 29.8. The van der Waals surface area contributed by atoms with Crippen molar-refractivity contribution in [3.63, 3.8) is 0 Å². The van der Waals surface area contributed by atoms with E-state index in [1.807, 2.05) is 38.1 Å². The molecule has 0 aliphatic heterocycles. The number of carbonyl (C=O) groups is 3. The molecule has 1 unspecified atom stereocenters. The van der Waals surface area contributed by atoms with Crippen molar-refractivity contribution in [2.75, 3.05) is 10.6 Å². The Kier molecular flexibility index (Phi) is 9.85. The first-order valence-corrected chi connectivity index (χ1v) is 13.9. The highest BCUT2D eigenvalue weighted by atomic mass is 32.2. The number of nitrogens with one attached hydrogen (secondary N) is 3. The van der Waals surface area contributed by atoms with Crippen LogP contribution in [0.3, 0.4) is 0 Å². The lowest BCUT2D eigenvalue weighted by molar-refractivity contribution is -0.385. The van der Waals surface area contributed by atoms with Gasteiger partial charge < -0.3 is 16.0 Å². The van der Waals surface area contributed by atoms with Gasteiger partial charge in [0.15, 0.2) is 0 Å². The molecule has 0 saturated carbocycles. The zero-order chi connectivity index (χ0) is 30.1. The smallest absolute Gasteiger partial charge is 0.276 e. The van der Waals surface area contributed by atoms with Gasteiger partial charge in [-0.15, -0.1) is 11.8 Å². The van der Waals surface area contributed by atoms with Gasteiger partial charge in [0.05, 0.1) is 15.7 Å². The lowest BCUT2D eigenvalue weighted by atomic mass is 10.1. The van der Waals surface area contributed by atoms with E-state index in [2.05, 4.69) is 16.0 Å². The average molecular weight is 581 g/mol. The van der Waals surface area contributed by atoms with Gasteiger partial charge in [-0.2, -0.15) is 0 Å². The highest BCUT2D eigenvalue weighted by Crippen LogP contribution is 2.27. The molecule has 4 aromatic rings. The molecule has 0 bridgehead atoms.